The van der Waals surface area contributed by atoms with Crippen LogP contribution in [0.15, 0.2) is 0 Å². The lowest BCUT2D eigenvalue weighted by molar-refractivity contribution is -0.120. The number of amides is 1. The third-order valence-electron chi connectivity index (χ3n) is 2.52. The van der Waals surface area contributed by atoms with Crippen molar-refractivity contribution in [3.05, 3.63) is 0 Å². The first-order valence-electron chi connectivity index (χ1n) is 4.98. The van der Waals surface area contributed by atoms with Gasteiger partial charge in [0, 0.05) is 20.1 Å². The van der Waals surface area contributed by atoms with E-state index in [-0.39, 0.29) is 0 Å². The minimum Gasteiger partial charge on any atom is -0.302 e. The number of carbonyl (C=O) groups excluding carboxylic acids is 1. The summed E-state index contributed by atoms with van der Waals surface area (Å²) in [6.07, 6.45) is 4.81. The summed E-state index contributed by atoms with van der Waals surface area (Å²) in [4.78, 5) is 12.9. The van der Waals surface area contributed by atoms with E-state index in [0.29, 0.717) is 0 Å². The fraction of sp³-hybridized carbons (Fsp3) is 0.889. The molecule has 0 unspecified atom stereocenters. The molecule has 1 aliphatic rings. The molecule has 0 aromatic heterocycles. The van der Waals surface area contributed by atoms with E-state index in [1.165, 1.54) is 32.4 Å². The van der Waals surface area contributed by atoms with Crippen molar-refractivity contribution in [2.75, 3.05) is 33.2 Å². The van der Waals surface area contributed by atoms with Crippen molar-refractivity contribution < 1.29 is 4.79 Å². The van der Waals surface area contributed by atoms with Crippen LogP contribution in [-0.2, 0) is 4.79 Å². The standard InChI is InChI=1S/C9H19N3O/c1-10-12(9-13)8-7-11-5-3-2-4-6-11/h9-10H,2-8H2,1H3. The number of carbonyl (C=O) groups is 1. The number of hydrogen-bond acceptors (Lipinski definition) is 3. The highest BCUT2D eigenvalue weighted by Gasteiger charge is 2.10. The van der Waals surface area contributed by atoms with Crippen LogP contribution in [0.3, 0.4) is 0 Å². The van der Waals surface area contributed by atoms with Gasteiger partial charge < -0.3 is 4.90 Å². The highest BCUT2D eigenvalue weighted by molar-refractivity contribution is 5.45. The van der Waals surface area contributed by atoms with Gasteiger partial charge in [-0.1, -0.05) is 6.42 Å². The highest BCUT2D eigenvalue weighted by atomic mass is 16.1. The summed E-state index contributed by atoms with van der Waals surface area (Å²) >= 11 is 0. The lowest BCUT2D eigenvalue weighted by Crippen LogP contribution is -2.41. The second-order valence-electron chi connectivity index (χ2n) is 3.42. The average molecular weight is 185 g/mol. The van der Waals surface area contributed by atoms with E-state index in [4.69, 9.17) is 0 Å². The second kappa shape index (κ2) is 5.94. The molecule has 1 rings (SSSR count). The van der Waals surface area contributed by atoms with Crippen molar-refractivity contribution in [3.8, 4) is 0 Å². The molecule has 76 valence electrons. The van der Waals surface area contributed by atoms with E-state index in [0.717, 1.165) is 19.5 Å². The van der Waals surface area contributed by atoms with Crippen LogP contribution in [0.1, 0.15) is 19.3 Å². The predicted molar refractivity (Wildman–Crippen MR) is 52.1 cm³/mol. The van der Waals surface area contributed by atoms with E-state index < -0.39 is 0 Å². The predicted octanol–water partition coefficient (Wildman–Crippen LogP) is 0.0651. The zero-order valence-corrected chi connectivity index (χ0v) is 8.33. The molecule has 4 heteroatoms. The Balaban J connectivity index is 2.12. The van der Waals surface area contributed by atoms with E-state index in [1.54, 1.807) is 12.1 Å². The van der Waals surface area contributed by atoms with Gasteiger partial charge in [0.15, 0.2) is 0 Å². The molecule has 1 N–H and O–H groups in total. The molecule has 1 saturated heterocycles. The molecule has 1 amide bonds. The van der Waals surface area contributed by atoms with Crippen LogP contribution < -0.4 is 5.43 Å². The molecular weight excluding hydrogens is 166 g/mol. The maximum atomic E-state index is 10.5. The minimum atomic E-state index is 0.778. The zero-order valence-electron chi connectivity index (χ0n) is 8.33. The monoisotopic (exact) mass is 185 g/mol. The molecule has 0 aliphatic carbocycles. The zero-order chi connectivity index (χ0) is 9.52. The largest absolute Gasteiger partial charge is 0.302 e. The molecular formula is C9H19N3O. The summed E-state index contributed by atoms with van der Waals surface area (Å²) in [5.41, 5.74) is 2.83. The van der Waals surface area contributed by atoms with Crippen molar-refractivity contribution in [2.45, 2.75) is 19.3 Å². The summed E-state index contributed by atoms with van der Waals surface area (Å²) in [7, 11) is 1.77. The molecule has 0 saturated carbocycles. The number of rotatable bonds is 5. The molecule has 4 nitrogen and oxygen atoms in total. The van der Waals surface area contributed by atoms with Gasteiger partial charge >= 0.3 is 0 Å². The van der Waals surface area contributed by atoms with Gasteiger partial charge in [0.05, 0.1) is 0 Å². The maximum Gasteiger partial charge on any atom is 0.223 e. The fourth-order valence-electron chi connectivity index (χ4n) is 1.65. The second-order valence-corrected chi connectivity index (χ2v) is 3.42. The molecule has 0 spiro atoms. The van der Waals surface area contributed by atoms with Crippen LogP contribution in [-0.4, -0.2) is 49.5 Å². The van der Waals surface area contributed by atoms with Gasteiger partial charge in [-0.25, -0.2) is 5.43 Å². The Bertz CT molecular complexity index is 146. The van der Waals surface area contributed by atoms with Crippen LogP contribution in [0.25, 0.3) is 0 Å². The average Bonchev–Trinajstić information content (AvgIpc) is 2.21. The normalized spacial score (nSPS) is 18.5. The molecule has 0 aromatic rings. The highest BCUT2D eigenvalue weighted by Crippen LogP contribution is 2.07. The molecule has 0 radical (unpaired) electrons. The Labute approximate surface area is 79.9 Å². The van der Waals surface area contributed by atoms with Gasteiger partial charge in [-0.3, -0.25) is 9.80 Å². The fourth-order valence-corrected chi connectivity index (χ4v) is 1.65. The van der Waals surface area contributed by atoms with E-state index in [2.05, 4.69) is 10.3 Å². The lowest BCUT2D eigenvalue weighted by Gasteiger charge is -2.28. The van der Waals surface area contributed by atoms with Crippen LogP contribution in [0.4, 0.5) is 0 Å². The molecule has 1 fully saturated rings. The van der Waals surface area contributed by atoms with E-state index in [1.807, 2.05) is 0 Å². The van der Waals surface area contributed by atoms with Gasteiger partial charge in [0.25, 0.3) is 0 Å². The van der Waals surface area contributed by atoms with Gasteiger partial charge in [-0.05, 0) is 25.9 Å². The third-order valence-corrected chi connectivity index (χ3v) is 2.52. The van der Waals surface area contributed by atoms with E-state index >= 15 is 0 Å². The summed E-state index contributed by atoms with van der Waals surface area (Å²) in [5.74, 6) is 0. The van der Waals surface area contributed by atoms with Crippen molar-refractivity contribution in [1.82, 2.24) is 15.3 Å². The van der Waals surface area contributed by atoms with Crippen molar-refractivity contribution in [2.24, 2.45) is 0 Å². The molecule has 1 aliphatic heterocycles. The Morgan fingerprint density at radius 1 is 1.38 bits per heavy atom. The van der Waals surface area contributed by atoms with Crippen molar-refractivity contribution in [3.63, 3.8) is 0 Å². The Hall–Kier alpha value is -0.610. The number of piperidine rings is 1. The Morgan fingerprint density at radius 2 is 2.08 bits per heavy atom. The molecule has 0 atom stereocenters. The Morgan fingerprint density at radius 3 is 2.62 bits per heavy atom. The smallest absolute Gasteiger partial charge is 0.223 e. The molecule has 0 bridgehead atoms. The molecule has 13 heavy (non-hydrogen) atoms. The first-order chi connectivity index (χ1) is 6.36. The van der Waals surface area contributed by atoms with Crippen LogP contribution in [0, 0.1) is 0 Å². The van der Waals surface area contributed by atoms with Gasteiger partial charge in [-0.15, -0.1) is 0 Å². The van der Waals surface area contributed by atoms with E-state index in [9.17, 15) is 4.79 Å². The van der Waals surface area contributed by atoms with Gasteiger partial charge in [0.2, 0.25) is 6.41 Å². The van der Waals surface area contributed by atoms with Crippen LogP contribution in [0.5, 0.6) is 0 Å². The summed E-state index contributed by atoms with van der Waals surface area (Å²) in [5, 5.41) is 1.58. The number of nitrogens with one attached hydrogen (secondary N) is 1. The first-order valence-corrected chi connectivity index (χ1v) is 4.98. The third kappa shape index (κ3) is 3.74. The first kappa shape index (κ1) is 10.5. The van der Waals surface area contributed by atoms with Gasteiger partial charge in [-0.2, -0.15) is 0 Å². The van der Waals surface area contributed by atoms with Crippen molar-refractivity contribution >= 4 is 6.41 Å². The SMILES string of the molecule is CNN(C=O)CCN1CCCCC1. The van der Waals surface area contributed by atoms with Gasteiger partial charge in [0.1, 0.15) is 0 Å². The topological polar surface area (TPSA) is 35.6 Å². The van der Waals surface area contributed by atoms with Crippen LogP contribution in [0.2, 0.25) is 0 Å². The lowest BCUT2D eigenvalue weighted by atomic mass is 10.1. The number of hydrazine groups is 1. The molecule has 0 aromatic carbocycles. The minimum absolute atomic E-state index is 0.778. The number of likely N-dealkylation sites (tertiary alicyclic amines) is 1. The summed E-state index contributed by atoms with van der Waals surface area (Å²) in [6.45, 7) is 4.15. The quantitative estimate of drug-likeness (QED) is 0.486. The maximum absolute atomic E-state index is 10.5. The summed E-state index contributed by atoms with van der Waals surface area (Å²) in [6, 6.07) is 0. The van der Waals surface area contributed by atoms with Crippen molar-refractivity contribution in [1.29, 1.82) is 0 Å². The number of hydrogen-bond donors (Lipinski definition) is 1. The van der Waals surface area contributed by atoms with Crippen LogP contribution >= 0.6 is 0 Å². The molecule has 1 heterocycles. The number of nitrogens with zero attached hydrogens (tertiary/aromatic N) is 2. The Kier molecular flexibility index (Phi) is 4.78. The summed E-state index contributed by atoms with van der Waals surface area (Å²) < 4.78 is 0.